The monoisotopic (exact) mass is 443 g/mol. The minimum Gasteiger partial charge on any atom is -0.455 e. The van der Waals surface area contributed by atoms with Crippen molar-refractivity contribution >= 4 is 21.9 Å². The van der Waals surface area contributed by atoms with Crippen LogP contribution in [0.15, 0.2) is 89.5 Å². The van der Waals surface area contributed by atoms with Crippen LogP contribution in [0.2, 0.25) is 0 Å². The zero-order valence-corrected chi connectivity index (χ0v) is 19.4. The Morgan fingerprint density at radius 1 is 0.794 bits per heavy atom. The van der Waals surface area contributed by atoms with Crippen LogP contribution in [-0.4, -0.2) is 4.98 Å². The van der Waals surface area contributed by atoms with Crippen LogP contribution in [0.5, 0.6) is 0 Å². The molecular formula is C32H29NO. The first-order valence-electron chi connectivity index (χ1n) is 12.8. The van der Waals surface area contributed by atoms with Crippen LogP contribution in [0, 0.1) is 17.8 Å². The molecule has 5 aromatic rings. The standard InChI is InChI=1S/C32H29NO/c1-2-6-24(7-3-1)26-8-5-11-30-31(26)28-10-4-9-27(32(28)34-30)29-20-22(16-17-33-29)19-25-18-21-12-14-23(25)15-13-21/h1-11,16-17,20-21,23,25H,12-15,18-19H2. The number of nitrogens with zero attached hydrogens (tertiary/aromatic N) is 1. The van der Waals surface area contributed by atoms with Crippen LogP contribution in [-0.2, 0) is 6.42 Å². The van der Waals surface area contributed by atoms with Crippen molar-refractivity contribution in [2.45, 2.75) is 38.5 Å². The third-order valence-electron chi connectivity index (χ3n) is 8.40. The molecule has 0 saturated heterocycles. The summed E-state index contributed by atoms with van der Waals surface area (Å²) in [6, 6.07) is 27.9. The Bertz CT molecular complexity index is 1470. The molecule has 2 heteroatoms. The highest BCUT2D eigenvalue weighted by Crippen LogP contribution is 2.46. The lowest BCUT2D eigenvalue weighted by Crippen LogP contribution is -2.32. The van der Waals surface area contributed by atoms with E-state index in [4.69, 9.17) is 9.40 Å². The number of aromatic nitrogens is 1. The zero-order chi connectivity index (χ0) is 22.5. The Kier molecular flexibility index (Phi) is 4.79. The van der Waals surface area contributed by atoms with E-state index in [9.17, 15) is 0 Å². The quantitative estimate of drug-likeness (QED) is 0.278. The van der Waals surface area contributed by atoms with Gasteiger partial charge >= 0.3 is 0 Å². The summed E-state index contributed by atoms with van der Waals surface area (Å²) in [7, 11) is 0. The molecule has 168 valence electrons. The van der Waals surface area contributed by atoms with E-state index in [1.54, 1.807) is 0 Å². The molecule has 2 aromatic heterocycles. The van der Waals surface area contributed by atoms with E-state index in [-0.39, 0.29) is 0 Å². The molecule has 0 radical (unpaired) electrons. The summed E-state index contributed by atoms with van der Waals surface area (Å²) in [6.45, 7) is 0. The van der Waals surface area contributed by atoms with Gasteiger partial charge in [0.05, 0.1) is 5.69 Å². The lowest BCUT2D eigenvalue weighted by Gasteiger charge is -2.42. The smallest absolute Gasteiger partial charge is 0.144 e. The second kappa shape index (κ2) is 8.13. The van der Waals surface area contributed by atoms with E-state index in [0.717, 1.165) is 45.6 Å². The van der Waals surface area contributed by atoms with Crippen molar-refractivity contribution in [1.82, 2.24) is 4.98 Å². The summed E-state index contributed by atoms with van der Waals surface area (Å²) in [5.74, 6) is 2.74. The van der Waals surface area contributed by atoms with Gasteiger partial charge in [-0.1, -0.05) is 67.4 Å². The Balaban J connectivity index is 1.31. The first-order valence-corrected chi connectivity index (χ1v) is 12.8. The van der Waals surface area contributed by atoms with Crippen molar-refractivity contribution in [2.24, 2.45) is 17.8 Å². The number of hydrogen-bond acceptors (Lipinski definition) is 2. The van der Waals surface area contributed by atoms with Gasteiger partial charge in [0.2, 0.25) is 0 Å². The van der Waals surface area contributed by atoms with Gasteiger partial charge in [-0.15, -0.1) is 0 Å². The third-order valence-corrected chi connectivity index (χ3v) is 8.40. The number of benzene rings is 3. The molecule has 1 unspecified atom stereocenters. The molecule has 8 rings (SSSR count). The molecule has 1 atom stereocenters. The van der Waals surface area contributed by atoms with Gasteiger partial charge in [-0.25, -0.2) is 0 Å². The Morgan fingerprint density at radius 2 is 1.62 bits per heavy atom. The van der Waals surface area contributed by atoms with Gasteiger partial charge in [0, 0.05) is 22.5 Å². The number of rotatable bonds is 4. The fourth-order valence-corrected chi connectivity index (χ4v) is 6.73. The first kappa shape index (κ1) is 20.0. The average Bonchev–Trinajstić information content (AvgIpc) is 3.29. The summed E-state index contributed by atoms with van der Waals surface area (Å²) in [5, 5.41) is 2.34. The van der Waals surface area contributed by atoms with Crippen molar-refractivity contribution in [1.29, 1.82) is 0 Å². The summed E-state index contributed by atoms with van der Waals surface area (Å²) in [6.07, 6.45) is 10.4. The van der Waals surface area contributed by atoms with Crippen molar-refractivity contribution in [2.75, 3.05) is 0 Å². The van der Waals surface area contributed by atoms with Crippen LogP contribution in [0.1, 0.15) is 37.7 Å². The molecule has 3 aliphatic carbocycles. The molecule has 2 nitrogen and oxygen atoms in total. The number of hydrogen-bond donors (Lipinski definition) is 0. The molecule has 2 heterocycles. The van der Waals surface area contributed by atoms with Gasteiger partial charge in [0.1, 0.15) is 11.2 Å². The molecule has 0 aliphatic heterocycles. The second-order valence-electron chi connectivity index (χ2n) is 10.4. The lowest BCUT2D eigenvalue weighted by molar-refractivity contribution is 0.0991. The summed E-state index contributed by atoms with van der Waals surface area (Å²) in [4.78, 5) is 4.79. The highest BCUT2D eigenvalue weighted by molar-refractivity contribution is 6.15. The van der Waals surface area contributed by atoms with Crippen LogP contribution >= 0.6 is 0 Å². The second-order valence-corrected chi connectivity index (χ2v) is 10.4. The highest BCUT2D eigenvalue weighted by atomic mass is 16.3. The largest absolute Gasteiger partial charge is 0.455 e. The number of fused-ring (bicyclic) bond motifs is 6. The number of para-hydroxylation sites is 1. The molecule has 3 aromatic carbocycles. The SMILES string of the molecule is c1ccc(-c2cccc3oc4c(-c5cc(CC6CC7CCC6CC7)ccn5)cccc4c23)cc1. The first-order chi connectivity index (χ1) is 16.8. The van der Waals surface area contributed by atoms with Gasteiger partial charge in [-0.05, 0) is 84.4 Å². The Labute approximate surface area is 200 Å². The summed E-state index contributed by atoms with van der Waals surface area (Å²) in [5.41, 5.74) is 7.80. The minimum atomic E-state index is 0.846. The topological polar surface area (TPSA) is 26.0 Å². The van der Waals surface area contributed by atoms with Crippen LogP contribution in [0.3, 0.4) is 0 Å². The van der Waals surface area contributed by atoms with Crippen molar-refractivity contribution in [3.63, 3.8) is 0 Å². The molecule has 0 amide bonds. The highest BCUT2D eigenvalue weighted by Gasteiger charge is 2.35. The van der Waals surface area contributed by atoms with Crippen molar-refractivity contribution in [3.8, 4) is 22.4 Å². The van der Waals surface area contributed by atoms with E-state index in [0.29, 0.717) is 0 Å². The molecule has 3 fully saturated rings. The maximum Gasteiger partial charge on any atom is 0.144 e. The fourth-order valence-electron chi connectivity index (χ4n) is 6.73. The van der Waals surface area contributed by atoms with E-state index < -0.39 is 0 Å². The number of furan rings is 1. The summed E-state index contributed by atoms with van der Waals surface area (Å²) < 4.78 is 6.49. The van der Waals surface area contributed by atoms with Crippen molar-refractivity contribution in [3.05, 3.63) is 90.6 Å². The maximum absolute atomic E-state index is 6.49. The molecular weight excluding hydrogens is 414 g/mol. The normalized spacial score (nSPS) is 21.9. The summed E-state index contributed by atoms with van der Waals surface area (Å²) >= 11 is 0. The molecule has 2 bridgehead atoms. The van der Waals surface area contributed by atoms with Gasteiger partial charge < -0.3 is 4.42 Å². The van der Waals surface area contributed by atoms with Gasteiger partial charge in [0.25, 0.3) is 0 Å². The van der Waals surface area contributed by atoms with Gasteiger partial charge in [-0.2, -0.15) is 0 Å². The van der Waals surface area contributed by atoms with Gasteiger partial charge in [0.15, 0.2) is 0 Å². The molecule has 3 saturated carbocycles. The average molecular weight is 444 g/mol. The minimum absolute atomic E-state index is 0.846. The molecule has 0 spiro atoms. The van der Waals surface area contributed by atoms with Gasteiger partial charge in [-0.3, -0.25) is 4.98 Å². The third kappa shape index (κ3) is 3.36. The van der Waals surface area contributed by atoms with E-state index in [2.05, 4.69) is 78.9 Å². The molecule has 3 aliphatic rings. The van der Waals surface area contributed by atoms with E-state index in [1.165, 1.54) is 60.6 Å². The maximum atomic E-state index is 6.49. The van der Waals surface area contributed by atoms with E-state index >= 15 is 0 Å². The lowest BCUT2D eigenvalue weighted by atomic mass is 9.63. The Hall–Kier alpha value is -3.39. The Morgan fingerprint density at radius 3 is 2.44 bits per heavy atom. The van der Waals surface area contributed by atoms with Crippen LogP contribution < -0.4 is 0 Å². The van der Waals surface area contributed by atoms with E-state index in [1.807, 2.05) is 6.20 Å². The van der Waals surface area contributed by atoms with Crippen LogP contribution in [0.4, 0.5) is 0 Å². The fraction of sp³-hybridized carbons (Fsp3) is 0.281. The predicted octanol–water partition coefficient (Wildman–Crippen LogP) is 8.68. The van der Waals surface area contributed by atoms with Crippen molar-refractivity contribution < 1.29 is 4.42 Å². The predicted molar refractivity (Wildman–Crippen MR) is 140 cm³/mol. The van der Waals surface area contributed by atoms with Crippen LogP contribution in [0.25, 0.3) is 44.3 Å². The molecule has 0 N–H and O–H groups in total. The molecule has 34 heavy (non-hydrogen) atoms. The zero-order valence-electron chi connectivity index (χ0n) is 19.4. The number of pyridine rings is 1.